The van der Waals surface area contributed by atoms with Gasteiger partial charge in [-0.25, -0.2) is 8.42 Å². The minimum Gasteiger partial charge on any atom is -0.349 e. The van der Waals surface area contributed by atoms with Crippen LogP contribution in [-0.4, -0.2) is 31.7 Å². The smallest absolute Gasteiger partial charge is 0.243 e. The molecule has 1 aliphatic heterocycles. The summed E-state index contributed by atoms with van der Waals surface area (Å²) in [4.78, 5) is 13.3. The molecule has 0 radical (unpaired) electrons. The number of amides is 1. The van der Waals surface area contributed by atoms with E-state index in [1.165, 1.54) is 9.87 Å². The lowest BCUT2D eigenvalue weighted by Crippen LogP contribution is -2.46. The van der Waals surface area contributed by atoms with Gasteiger partial charge in [0.2, 0.25) is 15.9 Å². The van der Waals surface area contributed by atoms with Crippen LogP contribution in [0.1, 0.15) is 48.9 Å². The van der Waals surface area contributed by atoms with Crippen molar-refractivity contribution in [1.29, 1.82) is 0 Å². The molecule has 3 rings (SSSR count). The highest BCUT2D eigenvalue weighted by Gasteiger charge is 2.33. The van der Waals surface area contributed by atoms with E-state index in [1.54, 1.807) is 30.3 Å². The summed E-state index contributed by atoms with van der Waals surface area (Å²) in [5, 5.41) is 3.16. The lowest BCUT2D eigenvalue weighted by molar-refractivity contribution is -0.126. The van der Waals surface area contributed by atoms with E-state index in [9.17, 15) is 13.2 Å². The fraction of sp³-hybridized carbons (Fsp3) is 0.435. The molecule has 0 aromatic heterocycles. The molecule has 0 aliphatic carbocycles. The van der Waals surface area contributed by atoms with E-state index < -0.39 is 10.0 Å². The van der Waals surface area contributed by atoms with E-state index in [0.29, 0.717) is 19.4 Å². The van der Waals surface area contributed by atoms with Gasteiger partial charge >= 0.3 is 0 Å². The van der Waals surface area contributed by atoms with Gasteiger partial charge in [0.05, 0.1) is 16.9 Å². The molecule has 0 unspecified atom stereocenters. The maximum atomic E-state index is 13.0. The zero-order valence-corrected chi connectivity index (χ0v) is 18.2. The number of hydrogen-bond donors (Lipinski definition) is 1. The Morgan fingerprint density at radius 1 is 1.17 bits per heavy atom. The molecule has 1 saturated heterocycles. The van der Waals surface area contributed by atoms with Crippen molar-refractivity contribution in [3.8, 4) is 0 Å². The van der Waals surface area contributed by atoms with E-state index in [1.807, 2.05) is 0 Å². The van der Waals surface area contributed by atoms with Crippen LogP contribution in [0.5, 0.6) is 0 Å². The van der Waals surface area contributed by atoms with Crippen molar-refractivity contribution in [3.63, 3.8) is 0 Å². The summed E-state index contributed by atoms with van der Waals surface area (Å²) in [5.74, 6) is -0.396. The minimum atomic E-state index is -3.57. The molecule has 1 fully saturated rings. The maximum absolute atomic E-state index is 13.0. The van der Waals surface area contributed by atoms with Crippen LogP contribution >= 0.6 is 0 Å². The molecule has 1 aliphatic rings. The molecular formula is C23H30N2O3S. The molecule has 1 heterocycles. The average Bonchev–Trinajstić information content (AvgIpc) is 2.73. The van der Waals surface area contributed by atoms with Crippen molar-refractivity contribution in [2.45, 2.75) is 51.0 Å². The molecule has 2 aromatic carbocycles. The number of hydrogen-bond acceptors (Lipinski definition) is 3. The third kappa shape index (κ3) is 4.87. The van der Waals surface area contributed by atoms with Gasteiger partial charge in [-0.3, -0.25) is 4.79 Å². The number of aryl methyl sites for hydroxylation is 2. The molecule has 0 spiro atoms. The summed E-state index contributed by atoms with van der Waals surface area (Å²) in [5.41, 5.74) is 3.48. The Hall–Kier alpha value is -2.18. The van der Waals surface area contributed by atoms with Crippen LogP contribution in [0.25, 0.3) is 0 Å². The number of nitrogens with zero attached hydrogens (tertiary/aromatic N) is 1. The van der Waals surface area contributed by atoms with E-state index in [-0.39, 0.29) is 29.3 Å². The third-order valence-corrected chi connectivity index (χ3v) is 7.54. The predicted molar refractivity (Wildman–Crippen MR) is 115 cm³/mol. The predicted octanol–water partition coefficient (Wildman–Crippen LogP) is 3.97. The first-order valence-electron chi connectivity index (χ1n) is 10.3. The Kier molecular flexibility index (Phi) is 6.75. The van der Waals surface area contributed by atoms with Crippen molar-refractivity contribution in [2.24, 2.45) is 5.92 Å². The molecule has 29 heavy (non-hydrogen) atoms. The topological polar surface area (TPSA) is 66.5 Å². The van der Waals surface area contributed by atoms with Crippen LogP contribution in [-0.2, 0) is 14.8 Å². The summed E-state index contributed by atoms with van der Waals surface area (Å²) in [7, 11) is -3.57. The molecule has 6 heteroatoms. The maximum Gasteiger partial charge on any atom is 0.243 e. The summed E-state index contributed by atoms with van der Waals surface area (Å²) in [6.07, 6.45) is 2.18. The second kappa shape index (κ2) is 9.09. The first-order valence-corrected chi connectivity index (χ1v) is 11.7. The van der Waals surface area contributed by atoms with E-state index in [0.717, 1.165) is 17.5 Å². The zero-order valence-electron chi connectivity index (χ0n) is 17.4. The first-order chi connectivity index (χ1) is 13.8. The van der Waals surface area contributed by atoms with Crippen LogP contribution in [0.3, 0.4) is 0 Å². The number of benzene rings is 2. The number of carbonyl (C=O) groups excluding carboxylic acids is 1. The average molecular weight is 415 g/mol. The Bertz CT molecular complexity index is 957. The van der Waals surface area contributed by atoms with Crippen LogP contribution in [0, 0.1) is 19.8 Å². The first kappa shape index (κ1) is 21.5. The highest BCUT2D eigenvalue weighted by Crippen LogP contribution is 2.26. The van der Waals surface area contributed by atoms with Gasteiger partial charge in [-0.05, 0) is 56.4 Å². The molecule has 0 bridgehead atoms. The largest absolute Gasteiger partial charge is 0.349 e. The monoisotopic (exact) mass is 414 g/mol. The summed E-state index contributed by atoms with van der Waals surface area (Å²) < 4.78 is 27.3. The van der Waals surface area contributed by atoms with Crippen molar-refractivity contribution in [2.75, 3.05) is 13.1 Å². The summed E-state index contributed by atoms with van der Waals surface area (Å²) >= 11 is 0. The second-order valence-electron chi connectivity index (χ2n) is 7.84. The summed E-state index contributed by atoms with van der Waals surface area (Å²) in [6, 6.07) is 14.6. The van der Waals surface area contributed by atoms with E-state index in [4.69, 9.17) is 0 Å². The van der Waals surface area contributed by atoms with Gasteiger partial charge in [-0.15, -0.1) is 0 Å². The Morgan fingerprint density at radius 2 is 1.90 bits per heavy atom. The van der Waals surface area contributed by atoms with Gasteiger partial charge in [0.25, 0.3) is 0 Å². The second-order valence-corrected chi connectivity index (χ2v) is 9.78. The normalized spacial score (nSPS) is 18.9. The van der Waals surface area contributed by atoms with Crippen LogP contribution < -0.4 is 5.32 Å². The number of sulfonamides is 1. The molecule has 1 amide bonds. The quantitative estimate of drug-likeness (QED) is 0.778. The minimum absolute atomic E-state index is 0.0650. The number of rotatable bonds is 6. The molecule has 2 atom stereocenters. The zero-order chi connectivity index (χ0) is 21.0. The van der Waals surface area contributed by atoms with Crippen LogP contribution in [0.4, 0.5) is 0 Å². The van der Waals surface area contributed by atoms with Gasteiger partial charge in [0.15, 0.2) is 0 Å². The van der Waals surface area contributed by atoms with Crippen molar-refractivity contribution >= 4 is 15.9 Å². The number of carbonyl (C=O) groups is 1. The molecule has 2 aromatic rings. The molecule has 5 nitrogen and oxygen atoms in total. The molecular weight excluding hydrogens is 384 g/mol. The number of piperidine rings is 1. The van der Waals surface area contributed by atoms with Crippen LogP contribution in [0.15, 0.2) is 53.4 Å². The van der Waals surface area contributed by atoms with Crippen molar-refractivity contribution in [1.82, 2.24) is 9.62 Å². The molecule has 156 valence electrons. The lowest BCUT2D eigenvalue weighted by atomic mass is 9.95. The van der Waals surface area contributed by atoms with Gasteiger partial charge in [0, 0.05) is 13.1 Å². The Morgan fingerprint density at radius 3 is 2.55 bits per heavy atom. The summed E-state index contributed by atoms with van der Waals surface area (Å²) in [6.45, 7) is 6.85. The lowest BCUT2D eigenvalue weighted by Gasteiger charge is -2.32. The van der Waals surface area contributed by atoms with E-state index in [2.05, 4.69) is 44.3 Å². The SMILES string of the molecule is CC[C@H](NC(=O)[C@@H]1CCCN(S(=O)(=O)c2ccccc2)C1)c1ccc(C)cc1C. The number of nitrogens with one attached hydrogen (secondary N) is 1. The highest BCUT2D eigenvalue weighted by molar-refractivity contribution is 7.89. The molecule has 1 N–H and O–H groups in total. The Labute approximate surface area is 174 Å². The molecule has 0 saturated carbocycles. The Balaban J connectivity index is 1.72. The van der Waals surface area contributed by atoms with Crippen molar-refractivity contribution < 1.29 is 13.2 Å². The fourth-order valence-electron chi connectivity index (χ4n) is 4.02. The van der Waals surface area contributed by atoms with Gasteiger partial charge in [-0.1, -0.05) is 48.9 Å². The fourth-order valence-corrected chi connectivity index (χ4v) is 5.57. The van der Waals surface area contributed by atoms with Gasteiger partial charge in [-0.2, -0.15) is 4.31 Å². The standard InChI is InChI=1S/C23H30N2O3S/c1-4-22(21-13-12-17(2)15-18(21)3)24-23(26)19-9-8-14-25(16-19)29(27,28)20-10-6-5-7-11-20/h5-7,10-13,15,19,22H,4,8-9,14,16H2,1-3H3,(H,24,26)/t19-,22+/m1/s1. The van der Waals surface area contributed by atoms with E-state index >= 15 is 0 Å². The van der Waals surface area contributed by atoms with Gasteiger partial charge < -0.3 is 5.32 Å². The highest BCUT2D eigenvalue weighted by atomic mass is 32.2. The third-order valence-electron chi connectivity index (χ3n) is 5.66. The van der Waals surface area contributed by atoms with Crippen LogP contribution in [0.2, 0.25) is 0 Å². The van der Waals surface area contributed by atoms with Crippen molar-refractivity contribution in [3.05, 3.63) is 65.2 Å². The van der Waals surface area contributed by atoms with Gasteiger partial charge in [0.1, 0.15) is 0 Å².